The fraction of sp³-hybridized carbons (Fsp3) is 0.227. The van der Waals surface area contributed by atoms with Gasteiger partial charge in [-0.25, -0.2) is 9.97 Å². The molecule has 0 unspecified atom stereocenters. The van der Waals surface area contributed by atoms with Crippen molar-refractivity contribution in [1.29, 1.82) is 0 Å². The topological polar surface area (TPSA) is 99.8 Å². The molecule has 4 N–H and O–H groups in total. The van der Waals surface area contributed by atoms with Crippen molar-refractivity contribution in [3.05, 3.63) is 72.3 Å². The van der Waals surface area contributed by atoms with Gasteiger partial charge in [0, 0.05) is 18.0 Å². The number of thiophene rings is 1. The molecule has 0 saturated heterocycles. The fourth-order valence-electron chi connectivity index (χ4n) is 2.46. The average Bonchev–Trinajstić information content (AvgIpc) is 3.44. The number of nitrogens with two attached hydrogens (primary N) is 2. The Bertz CT molecular complexity index is 949. The van der Waals surface area contributed by atoms with E-state index in [-0.39, 0.29) is 6.67 Å². The van der Waals surface area contributed by atoms with E-state index < -0.39 is 5.91 Å². The zero-order valence-electron chi connectivity index (χ0n) is 17.4. The highest BCUT2D eigenvalue weighted by molar-refractivity contribution is 7.17. The molecule has 7 heteroatoms. The van der Waals surface area contributed by atoms with Gasteiger partial charge in [-0.1, -0.05) is 58.0 Å². The Morgan fingerprint density at radius 1 is 1.07 bits per heavy atom. The summed E-state index contributed by atoms with van der Waals surface area (Å²) in [5, 5.41) is 2.01. The minimum atomic E-state index is -0.464. The third-order valence-electron chi connectivity index (χ3n) is 3.61. The molecule has 4 aromatic rings. The number of hydrogen-bond acceptors (Lipinski definition) is 5. The lowest BCUT2D eigenvalue weighted by molar-refractivity contribution is 0.0992. The minimum Gasteiger partial charge on any atom is -0.364 e. The standard InChI is InChI=1S/C12H13N3O.C6H4N2S.2C2H6/c13-8-15-7-6-10(11(15)12(14)16)9-4-2-1-3-5-9;1-2-9-6-3-7-4-8-5(1)6;2*1-2/h1-7H,8,13H2,(H2,14,16);1-4H;2*1-2H3. The van der Waals surface area contributed by atoms with E-state index in [1.54, 1.807) is 28.4 Å². The molecule has 0 aliphatic carbocycles. The predicted octanol–water partition coefficient (Wildman–Crippen LogP) is 4.91. The molecular weight excluding hydrogens is 382 g/mol. The van der Waals surface area contributed by atoms with Gasteiger partial charge in [0.15, 0.2) is 0 Å². The Labute approximate surface area is 176 Å². The van der Waals surface area contributed by atoms with Crippen LogP contribution in [0.3, 0.4) is 0 Å². The van der Waals surface area contributed by atoms with Crippen molar-refractivity contribution in [3.8, 4) is 11.1 Å². The second-order valence-electron chi connectivity index (χ2n) is 5.15. The first kappa shape index (κ1) is 24.0. The monoisotopic (exact) mass is 411 g/mol. The third kappa shape index (κ3) is 6.51. The molecule has 154 valence electrons. The SMILES string of the molecule is CC.CC.NCn1ccc(-c2ccccc2)c1C(N)=O.c1ncc2sccc2n1. The molecule has 3 heterocycles. The number of hydrogen-bond donors (Lipinski definition) is 2. The third-order valence-corrected chi connectivity index (χ3v) is 4.45. The fourth-order valence-corrected chi connectivity index (χ4v) is 3.17. The van der Waals surface area contributed by atoms with Crippen molar-refractivity contribution in [2.75, 3.05) is 0 Å². The summed E-state index contributed by atoms with van der Waals surface area (Å²) in [5.41, 5.74) is 14.2. The molecule has 0 aliphatic rings. The molecule has 29 heavy (non-hydrogen) atoms. The van der Waals surface area contributed by atoms with E-state index in [1.165, 1.54) is 0 Å². The zero-order valence-corrected chi connectivity index (χ0v) is 18.2. The number of primary amides is 1. The number of rotatable bonds is 3. The maximum absolute atomic E-state index is 11.4. The highest BCUT2D eigenvalue weighted by Crippen LogP contribution is 2.24. The van der Waals surface area contributed by atoms with Crippen LogP contribution >= 0.6 is 11.3 Å². The zero-order chi connectivity index (χ0) is 21.6. The van der Waals surface area contributed by atoms with Crippen LogP contribution in [-0.4, -0.2) is 20.4 Å². The van der Waals surface area contributed by atoms with Crippen LogP contribution in [0.1, 0.15) is 38.2 Å². The van der Waals surface area contributed by atoms with Crippen LogP contribution in [0, 0.1) is 0 Å². The molecule has 6 nitrogen and oxygen atoms in total. The lowest BCUT2D eigenvalue weighted by Gasteiger charge is -2.05. The summed E-state index contributed by atoms with van der Waals surface area (Å²) < 4.78 is 2.79. The van der Waals surface area contributed by atoms with Gasteiger partial charge in [0.2, 0.25) is 0 Å². The summed E-state index contributed by atoms with van der Waals surface area (Å²) in [6.07, 6.45) is 5.16. The molecule has 1 aromatic carbocycles. The summed E-state index contributed by atoms with van der Waals surface area (Å²) >= 11 is 1.66. The van der Waals surface area contributed by atoms with Crippen molar-refractivity contribution in [3.63, 3.8) is 0 Å². The van der Waals surface area contributed by atoms with Gasteiger partial charge in [-0.2, -0.15) is 0 Å². The van der Waals surface area contributed by atoms with Crippen LogP contribution in [0.2, 0.25) is 0 Å². The molecular formula is C22H29N5OS. The van der Waals surface area contributed by atoms with Gasteiger partial charge in [-0.05, 0) is 23.1 Å². The normalized spacial score (nSPS) is 9.28. The van der Waals surface area contributed by atoms with Crippen molar-refractivity contribution in [1.82, 2.24) is 14.5 Å². The van der Waals surface area contributed by atoms with Crippen LogP contribution in [-0.2, 0) is 6.67 Å². The van der Waals surface area contributed by atoms with Crippen LogP contribution in [0.25, 0.3) is 21.3 Å². The quantitative estimate of drug-likeness (QED) is 0.500. The van der Waals surface area contributed by atoms with E-state index in [0.29, 0.717) is 5.69 Å². The van der Waals surface area contributed by atoms with Crippen LogP contribution in [0.15, 0.2) is 66.6 Å². The summed E-state index contributed by atoms with van der Waals surface area (Å²) in [6, 6.07) is 13.5. The maximum Gasteiger partial charge on any atom is 0.266 e. The summed E-state index contributed by atoms with van der Waals surface area (Å²) in [7, 11) is 0. The number of nitrogens with zero attached hydrogens (tertiary/aromatic N) is 3. The molecule has 0 saturated carbocycles. The highest BCUT2D eigenvalue weighted by Gasteiger charge is 2.14. The second kappa shape index (κ2) is 13.2. The molecule has 1 amide bonds. The second-order valence-corrected chi connectivity index (χ2v) is 6.10. The Morgan fingerprint density at radius 2 is 1.76 bits per heavy atom. The van der Waals surface area contributed by atoms with Gasteiger partial charge in [0.1, 0.15) is 12.0 Å². The minimum absolute atomic E-state index is 0.241. The number of amides is 1. The van der Waals surface area contributed by atoms with E-state index in [1.807, 2.05) is 81.7 Å². The molecule has 0 radical (unpaired) electrons. The number of benzene rings is 1. The molecule has 4 rings (SSSR count). The van der Waals surface area contributed by atoms with Gasteiger partial charge in [-0.15, -0.1) is 11.3 Å². The maximum atomic E-state index is 11.4. The van der Waals surface area contributed by atoms with Gasteiger partial charge in [0.05, 0.1) is 16.9 Å². The van der Waals surface area contributed by atoms with Gasteiger partial charge in [0.25, 0.3) is 5.91 Å². The van der Waals surface area contributed by atoms with Crippen LogP contribution < -0.4 is 11.5 Å². The van der Waals surface area contributed by atoms with E-state index in [9.17, 15) is 4.79 Å². The first-order valence-corrected chi connectivity index (χ1v) is 10.5. The lowest BCUT2D eigenvalue weighted by Crippen LogP contribution is -2.20. The van der Waals surface area contributed by atoms with E-state index >= 15 is 0 Å². The van der Waals surface area contributed by atoms with Crippen molar-refractivity contribution in [2.45, 2.75) is 34.4 Å². The highest BCUT2D eigenvalue weighted by atomic mass is 32.1. The molecule has 0 aliphatic heterocycles. The molecule has 3 aromatic heterocycles. The summed E-state index contributed by atoms with van der Waals surface area (Å²) in [4.78, 5) is 19.3. The van der Waals surface area contributed by atoms with E-state index in [2.05, 4.69) is 9.97 Å². The van der Waals surface area contributed by atoms with Crippen LogP contribution in [0.5, 0.6) is 0 Å². The lowest BCUT2D eigenvalue weighted by atomic mass is 10.1. The Morgan fingerprint density at radius 3 is 2.34 bits per heavy atom. The average molecular weight is 412 g/mol. The smallest absolute Gasteiger partial charge is 0.266 e. The number of aromatic nitrogens is 3. The van der Waals surface area contributed by atoms with Gasteiger partial charge >= 0.3 is 0 Å². The van der Waals surface area contributed by atoms with Gasteiger partial charge in [-0.3, -0.25) is 4.79 Å². The first-order valence-electron chi connectivity index (χ1n) is 9.58. The number of fused-ring (bicyclic) bond motifs is 1. The van der Waals surface area contributed by atoms with Crippen molar-refractivity contribution in [2.24, 2.45) is 11.5 Å². The predicted molar refractivity (Wildman–Crippen MR) is 123 cm³/mol. The van der Waals surface area contributed by atoms with Crippen LogP contribution in [0.4, 0.5) is 0 Å². The van der Waals surface area contributed by atoms with Crippen molar-refractivity contribution >= 4 is 27.5 Å². The van der Waals surface area contributed by atoms with Gasteiger partial charge < -0.3 is 16.0 Å². The summed E-state index contributed by atoms with van der Waals surface area (Å²) in [5.74, 6) is -0.464. The molecule has 0 atom stereocenters. The number of carbonyl (C=O) groups excluding carboxylic acids is 1. The molecule has 0 spiro atoms. The van der Waals surface area contributed by atoms with E-state index in [4.69, 9.17) is 11.5 Å². The summed E-state index contributed by atoms with van der Waals surface area (Å²) in [6.45, 7) is 8.24. The number of carbonyl (C=O) groups is 1. The Kier molecular flexibility index (Phi) is 10.9. The first-order chi connectivity index (χ1) is 14.2. The van der Waals surface area contributed by atoms with Crippen molar-refractivity contribution < 1.29 is 4.79 Å². The van der Waals surface area contributed by atoms with E-state index in [0.717, 1.165) is 21.3 Å². The molecule has 0 fully saturated rings. The largest absolute Gasteiger partial charge is 0.364 e. The Hall–Kier alpha value is -3.03. The Balaban J connectivity index is 0.000000273. The molecule has 0 bridgehead atoms.